The molecule has 0 atom stereocenters. The summed E-state index contributed by atoms with van der Waals surface area (Å²) in [6.45, 7) is 0. The molecule has 0 aliphatic rings. The number of hydrogen-bond donors (Lipinski definition) is 0. The van der Waals surface area contributed by atoms with Gasteiger partial charge in [0.15, 0.2) is 0 Å². The number of fused-ring (bicyclic) bond motifs is 9. The van der Waals surface area contributed by atoms with Crippen LogP contribution in [0.4, 0.5) is 0 Å². The molecule has 0 N–H and O–H groups in total. The van der Waals surface area contributed by atoms with Crippen molar-refractivity contribution in [3.05, 3.63) is 188 Å². The van der Waals surface area contributed by atoms with Gasteiger partial charge >= 0.3 is 0 Å². The summed E-state index contributed by atoms with van der Waals surface area (Å²) in [7, 11) is 0. The lowest BCUT2D eigenvalue weighted by Crippen LogP contribution is -2.04. The zero-order valence-electron chi connectivity index (χ0n) is 29.1. The summed E-state index contributed by atoms with van der Waals surface area (Å²) in [5, 5.41) is 5.41. The Bertz CT molecular complexity index is 3180. The van der Waals surface area contributed by atoms with Crippen LogP contribution in [-0.4, -0.2) is 24.1 Å². The van der Waals surface area contributed by atoms with E-state index in [1.54, 1.807) is 0 Å². The summed E-state index contributed by atoms with van der Waals surface area (Å²) >= 11 is 0. The van der Waals surface area contributed by atoms with Crippen molar-refractivity contribution in [1.82, 2.24) is 24.1 Å². The van der Waals surface area contributed by atoms with Crippen LogP contribution in [0.15, 0.2) is 188 Å². The van der Waals surface area contributed by atoms with Crippen LogP contribution in [-0.2, 0) is 0 Å². The number of imidazole rings is 1. The highest BCUT2D eigenvalue weighted by atomic mass is 15.2. The molecule has 0 fully saturated rings. The zero-order chi connectivity index (χ0) is 35.6. The van der Waals surface area contributed by atoms with Gasteiger partial charge in [0, 0.05) is 43.7 Å². The molecular weight excluding hydrogens is 659 g/mol. The molecule has 5 nitrogen and oxygen atoms in total. The fourth-order valence-electron chi connectivity index (χ4n) is 8.12. The maximum absolute atomic E-state index is 5.47. The first-order valence-corrected chi connectivity index (χ1v) is 18.2. The first kappa shape index (κ1) is 30.3. The Morgan fingerprint density at radius 3 is 1.65 bits per heavy atom. The van der Waals surface area contributed by atoms with Crippen LogP contribution in [0, 0.1) is 0 Å². The fourth-order valence-corrected chi connectivity index (χ4v) is 8.12. The summed E-state index contributed by atoms with van der Waals surface area (Å²) in [6.07, 6.45) is 0. The van der Waals surface area contributed by atoms with Gasteiger partial charge in [0.1, 0.15) is 5.82 Å². The normalized spacial score (nSPS) is 11.7. The predicted octanol–water partition coefficient (Wildman–Crippen LogP) is 12.2. The highest BCUT2D eigenvalue weighted by molar-refractivity contribution is 6.31. The van der Waals surface area contributed by atoms with Gasteiger partial charge < -0.3 is 0 Å². The van der Waals surface area contributed by atoms with E-state index in [0.717, 1.165) is 82.8 Å². The number of aromatic nitrogens is 5. The number of nitrogens with zero attached hydrogens (tertiary/aromatic N) is 5. The summed E-state index contributed by atoms with van der Waals surface area (Å²) < 4.78 is 4.60. The molecule has 0 unspecified atom stereocenters. The second-order valence-electron chi connectivity index (χ2n) is 13.6. The van der Waals surface area contributed by atoms with Crippen LogP contribution in [0.1, 0.15) is 0 Å². The lowest BCUT2D eigenvalue weighted by Gasteiger charge is -2.14. The number of rotatable bonds is 5. The van der Waals surface area contributed by atoms with E-state index in [1.165, 1.54) is 11.1 Å². The van der Waals surface area contributed by atoms with Gasteiger partial charge in [-0.3, -0.25) is 9.13 Å². The van der Waals surface area contributed by atoms with E-state index in [9.17, 15) is 0 Å². The number of benzene rings is 8. The van der Waals surface area contributed by atoms with E-state index in [0.29, 0.717) is 5.95 Å². The maximum atomic E-state index is 5.47. The quantitative estimate of drug-likeness (QED) is 0.181. The van der Waals surface area contributed by atoms with Gasteiger partial charge in [-0.15, -0.1) is 0 Å². The zero-order valence-corrected chi connectivity index (χ0v) is 29.1. The molecule has 11 aromatic rings. The molecule has 8 aromatic carbocycles. The van der Waals surface area contributed by atoms with Gasteiger partial charge in [-0.05, 0) is 35.4 Å². The van der Waals surface area contributed by atoms with Crippen LogP contribution in [0.25, 0.3) is 99.9 Å². The molecule has 0 aliphatic carbocycles. The first-order valence-electron chi connectivity index (χ1n) is 18.2. The largest absolute Gasteiger partial charge is 0.292 e. The monoisotopic (exact) mass is 689 g/mol. The van der Waals surface area contributed by atoms with Gasteiger partial charge in [0.05, 0.1) is 33.3 Å². The highest BCUT2D eigenvalue weighted by Crippen LogP contribution is 2.44. The molecular formula is C49H31N5. The molecule has 11 rings (SSSR count). The molecule has 3 aromatic heterocycles. The van der Waals surface area contributed by atoms with E-state index in [-0.39, 0.29) is 0 Å². The van der Waals surface area contributed by atoms with Crippen molar-refractivity contribution >= 4 is 54.5 Å². The minimum absolute atomic E-state index is 0.626. The maximum Gasteiger partial charge on any atom is 0.235 e. The summed E-state index contributed by atoms with van der Waals surface area (Å²) in [6, 6.07) is 65.8. The van der Waals surface area contributed by atoms with Gasteiger partial charge in [-0.1, -0.05) is 164 Å². The Morgan fingerprint density at radius 1 is 0.352 bits per heavy atom. The Labute approximate surface area is 311 Å². The second-order valence-corrected chi connectivity index (χ2v) is 13.6. The van der Waals surface area contributed by atoms with Crippen molar-refractivity contribution in [2.45, 2.75) is 0 Å². The lowest BCUT2D eigenvalue weighted by atomic mass is 10.0. The molecule has 0 saturated heterocycles. The summed E-state index contributed by atoms with van der Waals surface area (Å²) in [5.41, 5.74) is 11.4. The van der Waals surface area contributed by atoms with Crippen LogP contribution >= 0.6 is 0 Å². The average Bonchev–Trinajstić information content (AvgIpc) is 3.82. The van der Waals surface area contributed by atoms with Crippen LogP contribution in [0.3, 0.4) is 0 Å². The first-order chi connectivity index (χ1) is 26.8. The standard InChI is InChI=1S/C49H31N5/c1-4-16-32(17-5-1)33-28-30-34(31-29-33)44-39-24-12-14-26-41(39)50-49(52-44)54-42-27-15-13-25-40(42)43-46(54)38-23-11-10-22-37(38)45-47(43)53(36-20-8-3-9-21-36)48(51-45)35-18-6-2-7-19-35/h1-31H. The van der Waals surface area contributed by atoms with E-state index >= 15 is 0 Å². The summed E-state index contributed by atoms with van der Waals surface area (Å²) in [4.78, 5) is 16.3. The van der Waals surface area contributed by atoms with Crippen molar-refractivity contribution in [3.63, 3.8) is 0 Å². The van der Waals surface area contributed by atoms with Crippen molar-refractivity contribution in [2.75, 3.05) is 0 Å². The van der Waals surface area contributed by atoms with Gasteiger partial charge in [0.2, 0.25) is 5.95 Å². The minimum Gasteiger partial charge on any atom is -0.292 e. The van der Waals surface area contributed by atoms with Crippen LogP contribution in [0.2, 0.25) is 0 Å². The molecule has 252 valence electrons. The predicted molar refractivity (Wildman–Crippen MR) is 222 cm³/mol. The molecule has 54 heavy (non-hydrogen) atoms. The molecule has 3 heterocycles. The highest BCUT2D eigenvalue weighted by Gasteiger charge is 2.26. The third-order valence-corrected chi connectivity index (χ3v) is 10.5. The Balaban J connectivity index is 1.27. The lowest BCUT2D eigenvalue weighted by molar-refractivity contribution is 1.02. The SMILES string of the molecule is c1ccc(-c2ccc(-c3nc(-n4c5ccccc5c5c6c(nc(-c7ccccc7)n6-c6ccccc6)c6ccccc6c54)nc4ccccc34)cc2)cc1. The molecule has 5 heteroatoms. The molecule has 0 radical (unpaired) electrons. The van der Waals surface area contributed by atoms with Gasteiger partial charge in [-0.2, -0.15) is 0 Å². The fraction of sp³-hybridized carbons (Fsp3) is 0. The third-order valence-electron chi connectivity index (χ3n) is 10.5. The van der Waals surface area contributed by atoms with E-state index in [2.05, 4.69) is 191 Å². The van der Waals surface area contributed by atoms with Crippen molar-refractivity contribution in [2.24, 2.45) is 0 Å². The van der Waals surface area contributed by atoms with Crippen molar-refractivity contribution in [3.8, 4) is 45.4 Å². The molecule has 0 amide bonds. The molecule has 0 aliphatic heterocycles. The number of hydrogen-bond acceptors (Lipinski definition) is 3. The minimum atomic E-state index is 0.626. The molecule has 0 bridgehead atoms. The molecule has 0 spiro atoms. The van der Waals surface area contributed by atoms with Gasteiger partial charge in [0.25, 0.3) is 0 Å². The van der Waals surface area contributed by atoms with Gasteiger partial charge in [-0.25, -0.2) is 15.0 Å². The van der Waals surface area contributed by atoms with Crippen molar-refractivity contribution < 1.29 is 0 Å². The van der Waals surface area contributed by atoms with E-state index in [4.69, 9.17) is 15.0 Å². The Morgan fingerprint density at radius 2 is 0.907 bits per heavy atom. The number of para-hydroxylation sites is 3. The Kier molecular flexibility index (Phi) is 6.79. The smallest absolute Gasteiger partial charge is 0.235 e. The third kappa shape index (κ3) is 4.62. The molecule has 0 saturated carbocycles. The second kappa shape index (κ2) is 12.1. The van der Waals surface area contributed by atoms with Crippen LogP contribution in [0.5, 0.6) is 0 Å². The van der Waals surface area contributed by atoms with E-state index in [1.807, 2.05) is 6.07 Å². The summed E-state index contributed by atoms with van der Waals surface area (Å²) in [5.74, 6) is 1.52. The van der Waals surface area contributed by atoms with Crippen molar-refractivity contribution in [1.29, 1.82) is 0 Å². The van der Waals surface area contributed by atoms with E-state index < -0.39 is 0 Å². The average molecular weight is 690 g/mol. The topological polar surface area (TPSA) is 48.5 Å². The van der Waals surface area contributed by atoms with Crippen LogP contribution < -0.4 is 0 Å². The Hall–Kier alpha value is -7.37.